The van der Waals surface area contributed by atoms with Crippen molar-refractivity contribution in [3.05, 3.63) is 72.2 Å². The number of aromatic nitrogens is 1. The van der Waals surface area contributed by atoms with E-state index >= 15 is 0 Å². The van der Waals surface area contributed by atoms with Gasteiger partial charge in [0.05, 0.1) is 6.26 Å². The molecule has 1 aromatic heterocycles. The molecule has 0 radical (unpaired) electrons. The van der Waals surface area contributed by atoms with E-state index in [-0.39, 0.29) is 11.5 Å². The lowest BCUT2D eigenvalue weighted by Crippen LogP contribution is -2.30. The second-order valence-electron chi connectivity index (χ2n) is 5.63. The molecular weight excluding hydrogens is 246 g/mol. The molecule has 0 aliphatic carbocycles. The number of nitrogens with zero attached hydrogens (tertiary/aromatic N) is 1. The first-order chi connectivity index (χ1) is 9.70. The van der Waals surface area contributed by atoms with E-state index in [0.29, 0.717) is 0 Å². The molecule has 0 saturated heterocycles. The lowest BCUT2D eigenvalue weighted by molar-refractivity contribution is 0.105. The molecule has 1 aliphatic rings. The van der Waals surface area contributed by atoms with Crippen LogP contribution in [-0.2, 0) is 11.2 Å². The molecule has 0 fully saturated rings. The number of pyridine rings is 1. The Kier molecular flexibility index (Phi) is 3.31. The monoisotopic (exact) mass is 265 g/mol. The average Bonchev–Trinajstić information content (AvgIpc) is 2.77. The lowest BCUT2D eigenvalue weighted by Gasteiger charge is -2.31. The van der Waals surface area contributed by atoms with Crippen molar-refractivity contribution >= 4 is 5.57 Å². The molecule has 2 heterocycles. The normalized spacial score (nSPS) is 25.1. The summed E-state index contributed by atoms with van der Waals surface area (Å²) in [4.78, 5) is 4.22. The van der Waals surface area contributed by atoms with Crippen LogP contribution < -0.4 is 0 Å². The molecule has 102 valence electrons. The molecule has 1 aromatic carbocycles. The summed E-state index contributed by atoms with van der Waals surface area (Å²) in [7, 11) is 0. The summed E-state index contributed by atoms with van der Waals surface area (Å²) in [6.45, 7) is 4.42. The molecule has 3 rings (SSSR count). The third kappa shape index (κ3) is 2.22. The average molecular weight is 265 g/mol. The quantitative estimate of drug-likeness (QED) is 0.834. The maximum absolute atomic E-state index is 5.83. The van der Waals surface area contributed by atoms with Crippen molar-refractivity contribution in [1.82, 2.24) is 4.98 Å². The fraction of sp³-hybridized carbons (Fsp3) is 0.278. The minimum absolute atomic E-state index is 0.0234. The molecule has 0 N–H and O–H groups in total. The van der Waals surface area contributed by atoms with Gasteiger partial charge in [-0.05, 0) is 30.5 Å². The van der Waals surface area contributed by atoms with E-state index in [1.54, 1.807) is 0 Å². The Balaban J connectivity index is 1.95. The van der Waals surface area contributed by atoms with E-state index < -0.39 is 0 Å². The Morgan fingerprint density at radius 1 is 1.15 bits per heavy atom. The summed E-state index contributed by atoms with van der Waals surface area (Å²) in [6.07, 6.45) is 6.78. The van der Waals surface area contributed by atoms with E-state index in [4.69, 9.17) is 4.74 Å². The summed E-state index contributed by atoms with van der Waals surface area (Å²) in [5.74, 6) is 0. The largest absolute Gasteiger partial charge is 0.497 e. The van der Waals surface area contributed by atoms with Crippen LogP contribution in [-0.4, -0.2) is 11.1 Å². The minimum Gasteiger partial charge on any atom is -0.497 e. The highest BCUT2D eigenvalue weighted by Crippen LogP contribution is 2.46. The maximum atomic E-state index is 5.83. The molecule has 20 heavy (non-hydrogen) atoms. The molecule has 0 spiro atoms. The lowest BCUT2D eigenvalue weighted by atomic mass is 9.72. The summed E-state index contributed by atoms with van der Waals surface area (Å²) >= 11 is 0. The number of ether oxygens (including phenoxy) is 1. The van der Waals surface area contributed by atoms with Gasteiger partial charge in [0.15, 0.2) is 0 Å². The van der Waals surface area contributed by atoms with Crippen LogP contribution in [0.3, 0.4) is 0 Å². The van der Waals surface area contributed by atoms with Gasteiger partial charge < -0.3 is 4.74 Å². The number of hydrogen-bond donors (Lipinski definition) is 0. The maximum Gasteiger partial charge on any atom is 0.105 e. The predicted molar refractivity (Wildman–Crippen MR) is 81.0 cm³/mol. The smallest absolute Gasteiger partial charge is 0.105 e. The third-order valence-electron chi connectivity index (χ3n) is 4.28. The highest BCUT2D eigenvalue weighted by Gasteiger charge is 2.41. The first-order valence-corrected chi connectivity index (χ1v) is 7.00. The van der Waals surface area contributed by atoms with Gasteiger partial charge in [0.25, 0.3) is 0 Å². The van der Waals surface area contributed by atoms with Gasteiger partial charge in [-0.15, -0.1) is 0 Å². The standard InChI is InChI=1S/C18H19NO/c1-14-18(2,11-15-7-6-10-19-12-15)17(13-20-14)16-8-4-3-5-9-16/h3-10,12-14H,11H2,1-2H3. The van der Waals surface area contributed by atoms with Gasteiger partial charge in [0, 0.05) is 23.4 Å². The van der Waals surface area contributed by atoms with Crippen LogP contribution >= 0.6 is 0 Å². The van der Waals surface area contributed by atoms with Gasteiger partial charge in [-0.25, -0.2) is 0 Å². The van der Waals surface area contributed by atoms with Crippen LogP contribution in [0.1, 0.15) is 25.0 Å². The van der Waals surface area contributed by atoms with E-state index in [9.17, 15) is 0 Å². The van der Waals surface area contributed by atoms with Crippen molar-refractivity contribution < 1.29 is 4.74 Å². The molecular formula is C18H19NO. The van der Waals surface area contributed by atoms with E-state index in [1.807, 2.05) is 30.8 Å². The highest BCUT2D eigenvalue weighted by molar-refractivity contribution is 5.71. The fourth-order valence-electron chi connectivity index (χ4n) is 2.86. The molecule has 2 aromatic rings. The first-order valence-electron chi connectivity index (χ1n) is 7.00. The van der Waals surface area contributed by atoms with Crippen molar-refractivity contribution in [3.8, 4) is 0 Å². The molecule has 1 aliphatic heterocycles. The van der Waals surface area contributed by atoms with Gasteiger partial charge in [-0.2, -0.15) is 0 Å². The number of hydrogen-bond acceptors (Lipinski definition) is 2. The SMILES string of the molecule is CC1OC=C(c2ccccc2)C1(C)Cc1cccnc1. The van der Waals surface area contributed by atoms with E-state index in [0.717, 1.165) is 6.42 Å². The van der Waals surface area contributed by atoms with Crippen LogP contribution in [0.15, 0.2) is 61.1 Å². The summed E-state index contributed by atoms with van der Waals surface area (Å²) in [6, 6.07) is 14.6. The molecule has 2 atom stereocenters. The van der Waals surface area contributed by atoms with Crippen LogP contribution in [0.25, 0.3) is 5.57 Å². The van der Waals surface area contributed by atoms with Crippen LogP contribution in [0.5, 0.6) is 0 Å². The molecule has 2 nitrogen and oxygen atoms in total. The molecule has 2 heteroatoms. The summed E-state index contributed by atoms with van der Waals surface area (Å²) in [5, 5.41) is 0. The summed E-state index contributed by atoms with van der Waals surface area (Å²) < 4.78 is 5.83. The topological polar surface area (TPSA) is 22.1 Å². The molecule has 0 saturated carbocycles. The van der Waals surface area contributed by atoms with E-state index in [1.165, 1.54) is 16.7 Å². The second kappa shape index (κ2) is 5.12. The Morgan fingerprint density at radius 2 is 1.95 bits per heavy atom. The zero-order chi connectivity index (χ0) is 14.0. The van der Waals surface area contributed by atoms with Crippen LogP contribution in [0.2, 0.25) is 0 Å². The second-order valence-corrected chi connectivity index (χ2v) is 5.63. The molecule has 2 unspecified atom stereocenters. The first kappa shape index (κ1) is 12.9. The third-order valence-corrected chi connectivity index (χ3v) is 4.28. The van der Waals surface area contributed by atoms with Gasteiger partial charge in [-0.1, -0.05) is 43.3 Å². The number of rotatable bonds is 3. The van der Waals surface area contributed by atoms with Gasteiger partial charge in [0.2, 0.25) is 0 Å². The Morgan fingerprint density at radius 3 is 2.65 bits per heavy atom. The minimum atomic E-state index is -0.0234. The van der Waals surface area contributed by atoms with Crippen LogP contribution in [0, 0.1) is 5.41 Å². The predicted octanol–water partition coefficient (Wildman–Crippen LogP) is 4.09. The fourth-order valence-corrected chi connectivity index (χ4v) is 2.86. The number of benzene rings is 1. The van der Waals surface area contributed by atoms with Gasteiger partial charge in [0.1, 0.15) is 6.10 Å². The summed E-state index contributed by atoms with van der Waals surface area (Å²) in [5.41, 5.74) is 3.73. The zero-order valence-corrected chi connectivity index (χ0v) is 11.9. The van der Waals surface area contributed by atoms with Crippen molar-refractivity contribution in [1.29, 1.82) is 0 Å². The Bertz CT molecular complexity index is 606. The Labute approximate surface area is 120 Å². The van der Waals surface area contributed by atoms with Crippen molar-refractivity contribution in [2.45, 2.75) is 26.4 Å². The van der Waals surface area contributed by atoms with Crippen molar-refractivity contribution in [2.24, 2.45) is 5.41 Å². The van der Waals surface area contributed by atoms with Crippen LogP contribution in [0.4, 0.5) is 0 Å². The molecule has 0 amide bonds. The van der Waals surface area contributed by atoms with Crippen molar-refractivity contribution in [2.75, 3.05) is 0 Å². The zero-order valence-electron chi connectivity index (χ0n) is 11.9. The van der Waals surface area contributed by atoms with E-state index in [2.05, 4.69) is 49.2 Å². The highest BCUT2D eigenvalue weighted by atomic mass is 16.5. The van der Waals surface area contributed by atoms with Crippen molar-refractivity contribution in [3.63, 3.8) is 0 Å². The Hall–Kier alpha value is -2.09. The molecule has 0 bridgehead atoms. The van der Waals surface area contributed by atoms with Gasteiger partial charge >= 0.3 is 0 Å². The van der Waals surface area contributed by atoms with Gasteiger partial charge in [-0.3, -0.25) is 4.98 Å².